The lowest BCUT2D eigenvalue weighted by atomic mass is 9.96. The predicted octanol–water partition coefficient (Wildman–Crippen LogP) is 0.905. The molecule has 1 rings (SSSR count). The SMILES string of the molecule is CN(C)C1OCC(C)(C)CO1. The summed E-state index contributed by atoms with van der Waals surface area (Å²) in [4.78, 5) is 1.93. The van der Waals surface area contributed by atoms with Crippen molar-refractivity contribution in [2.75, 3.05) is 27.3 Å². The van der Waals surface area contributed by atoms with E-state index in [2.05, 4.69) is 13.8 Å². The third-order valence-electron chi connectivity index (χ3n) is 1.65. The Morgan fingerprint density at radius 2 is 1.64 bits per heavy atom. The summed E-state index contributed by atoms with van der Waals surface area (Å²) in [6.07, 6.45) is -0.150. The highest BCUT2D eigenvalue weighted by molar-refractivity contribution is 4.70. The lowest BCUT2D eigenvalue weighted by Crippen LogP contribution is -2.44. The van der Waals surface area contributed by atoms with Crippen molar-refractivity contribution in [1.82, 2.24) is 4.90 Å². The van der Waals surface area contributed by atoms with Gasteiger partial charge in [-0.1, -0.05) is 13.8 Å². The van der Waals surface area contributed by atoms with E-state index in [1.54, 1.807) is 0 Å². The van der Waals surface area contributed by atoms with Crippen molar-refractivity contribution >= 4 is 0 Å². The summed E-state index contributed by atoms with van der Waals surface area (Å²) in [6.45, 7) is 5.82. The van der Waals surface area contributed by atoms with Gasteiger partial charge in [-0.3, -0.25) is 4.90 Å². The average Bonchev–Trinajstić information content (AvgIpc) is 1.86. The third kappa shape index (κ3) is 2.43. The average molecular weight is 159 g/mol. The number of ether oxygens (including phenoxy) is 2. The van der Waals surface area contributed by atoms with Crippen molar-refractivity contribution < 1.29 is 9.47 Å². The summed E-state index contributed by atoms with van der Waals surface area (Å²) >= 11 is 0. The van der Waals surface area contributed by atoms with E-state index < -0.39 is 0 Å². The van der Waals surface area contributed by atoms with E-state index in [1.807, 2.05) is 19.0 Å². The zero-order chi connectivity index (χ0) is 8.48. The van der Waals surface area contributed by atoms with Crippen LogP contribution in [0.15, 0.2) is 0 Å². The van der Waals surface area contributed by atoms with E-state index in [-0.39, 0.29) is 11.8 Å². The zero-order valence-electron chi connectivity index (χ0n) is 7.76. The lowest BCUT2D eigenvalue weighted by molar-refractivity contribution is -0.273. The smallest absolute Gasteiger partial charge is 0.218 e. The van der Waals surface area contributed by atoms with E-state index in [1.165, 1.54) is 0 Å². The Labute approximate surface area is 68.3 Å². The standard InChI is InChI=1S/C8H17NO2/c1-8(2)5-10-7(9(3)4)11-6-8/h7H,5-6H2,1-4H3. The molecule has 0 spiro atoms. The molecule has 0 aromatic rings. The van der Waals surface area contributed by atoms with Gasteiger partial charge in [-0.15, -0.1) is 0 Å². The summed E-state index contributed by atoms with van der Waals surface area (Å²) in [6, 6.07) is 0. The second kappa shape index (κ2) is 3.09. The number of hydrogen-bond acceptors (Lipinski definition) is 3. The van der Waals surface area contributed by atoms with Gasteiger partial charge in [0.25, 0.3) is 0 Å². The maximum atomic E-state index is 5.46. The van der Waals surface area contributed by atoms with Crippen LogP contribution in [-0.4, -0.2) is 38.6 Å². The van der Waals surface area contributed by atoms with Gasteiger partial charge in [0.15, 0.2) is 0 Å². The molecule has 0 unspecified atom stereocenters. The molecule has 3 nitrogen and oxygen atoms in total. The normalized spacial score (nSPS) is 25.9. The Hall–Kier alpha value is -0.120. The topological polar surface area (TPSA) is 21.7 Å². The molecule has 66 valence electrons. The minimum atomic E-state index is -0.150. The first-order valence-electron chi connectivity index (χ1n) is 3.91. The van der Waals surface area contributed by atoms with Crippen LogP contribution in [0, 0.1) is 5.41 Å². The van der Waals surface area contributed by atoms with Crippen LogP contribution in [0.4, 0.5) is 0 Å². The summed E-state index contributed by atoms with van der Waals surface area (Å²) in [5.74, 6) is 0. The van der Waals surface area contributed by atoms with Crippen LogP contribution in [0.2, 0.25) is 0 Å². The molecule has 0 bridgehead atoms. The fourth-order valence-corrected chi connectivity index (χ4v) is 0.982. The molecule has 0 amide bonds. The Balaban J connectivity index is 2.36. The van der Waals surface area contributed by atoms with E-state index in [0.29, 0.717) is 0 Å². The monoisotopic (exact) mass is 159 g/mol. The first-order chi connectivity index (χ1) is 5.01. The molecule has 1 aliphatic rings. The van der Waals surface area contributed by atoms with Gasteiger partial charge in [0.05, 0.1) is 13.2 Å². The van der Waals surface area contributed by atoms with Gasteiger partial charge in [-0.05, 0) is 14.1 Å². The molecule has 0 aromatic carbocycles. The quantitative estimate of drug-likeness (QED) is 0.567. The van der Waals surface area contributed by atoms with E-state index in [9.17, 15) is 0 Å². The molecule has 0 radical (unpaired) electrons. The molecule has 0 saturated carbocycles. The van der Waals surface area contributed by atoms with Gasteiger partial charge < -0.3 is 9.47 Å². The third-order valence-corrected chi connectivity index (χ3v) is 1.65. The molecule has 0 atom stereocenters. The minimum absolute atomic E-state index is 0.150. The van der Waals surface area contributed by atoms with Crippen molar-refractivity contribution in [3.8, 4) is 0 Å². The van der Waals surface area contributed by atoms with Crippen molar-refractivity contribution in [3.63, 3.8) is 0 Å². The Morgan fingerprint density at radius 1 is 1.18 bits per heavy atom. The molecule has 0 aliphatic carbocycles. The number of nitrogens with zero attached hydrogens (tertiary/aromatic N) is 1. The van der Waals surface area contributed by atoms with Crippen LogP contribution in [0.5, 0.6) is 0 Å². The van der Waals surface area contributed by atoms with E-state index in [0.717, 1.165) is 13.2 Å². The highest BCUT2D eigenvalue weighted by Gasteiger charge is 2.28. The summed E-state index contributed by atoms with van der Waals surface area (Å²) in [7, 11) is 3.89. The van der Waals surface area contributed by atoms with Crippen LogP contribution in [0.25, 0.3) is 0 Å². The van der Waals surface area contributed by atoms with Crippen molar-refractivity contribution in [2.45, 2.75) is 20.3 Å². The minimum Gasteiger partial charge on any atom is -0.339 e. The summed E-state index contributed by atoms with van der Waals surface area (Å²) in [5, 5.41) is 0. The molecule has 0 aromatic heterocycles. The second-order valence-electron chi connectivity index (χ2n) is 4.06. The van der Waals surface area contributed by atoms with Crippen molar-refractivity contribution in [1.29, 1.82) is 0 Å². The maximum absolute atomic E-state index is 5.46. The fraction of sp³-hybridized carbons (Fsp3) is 1.00. The molecular weight excluding hydrogens is 142 g/mol. The van der Waals surface area contributed by atoms with E-state index >= 15 is 0 Å². The summed E-state index contributed by atoms with van der Waals surface area (Å²) in [5.41, 5.74) is 0.173. The molecule has 3 heteroatoms. The predicted molar refractivity (Wildman–Crippen MR) is 43.2 cm³/mol. The molecule has 1 aliphatic heterocycles. The first-order valence-corrected chi connectivity index (χ1v) is 3.91. The molecule has 1 heterocycles. The van der Waals surface area contributed by atoms with Gasteiger partial charge in [0, 0.05) is 5.41 Å². The highest BCUT2D eigenvalue weighted by atomic mass is 16.7. The first kappa shape index (κ1) is 8.97. The highest BCUT2D eigenvalue weighted by Crippen LogP contribution is 2.23. The van der Waals surface area contributed by atoms with Gasteiger partial charge >= 0.3 is 0 Å². The molecule has 1 saturated heterocycles. The Kier molecular flexibility index (Phi) is 2.52. The zero-order valence-corrected chi connectivity index (χ0v) is 7.76. The van der Waals surface area contributed by atoms with Crippen LogP contribution in [-0.2, 0) is 9.47 Å². The van der Waals surface area contributed by atoms with Gasteiger partial charge in [-0.25, -0.2) is 0 Å². The molecular formula is C8H17NO2. The van der Waals surface area contributed by atoms with Gasteiger partial charge in [0.2, 0.25) is 6.41 Å². The number of rotatable bonds is 1. The van der Waals surface area contributed by atoms with Gasteiger partial charge in [0.1, 0.15) is 0 Å². The van der Waals surface area contributed by atoms with Crippen LogP contribution < -0.4 is 0 Å². The number of hydrogen-bond donors (Lipinski definition) is 0. The Morgan fingerprint density at radius 3 is 2.00 bits per heavy atom. The van der Waals surface area contributed by atoms with Crippen LogP contribution in [0.1, 0.15) is 13.8 Å². The largest absolute Gasteiger partial charge is 0.339 e. The maximum Gasteiger partial charge on any atom is 0.218 e. The van der Waals surface area contributed by atoms with E-state index in [4.69, 9.17) is 9.47 Å². The Bertz CT molecular complexity index is 124. The van der Waals surface area contributed by atoms with Crippen molar-refractivity contribution in [2.24, 2.45) is 5.41 Å². The molecule has 0 N–H and O–H groups in total. The van der Waals surface area contributed by atoms with Crippen LogP contribution >= 0.6 is 0 Å². The summed E-state index contributed by atoms with van der Waals surface area (Å²) < 4.78 is 10.9. The second-order valence-corrected chi connectivity index (χ2v) is 4.06. The van der Waals surface area contributed by atoms with Crippen molar-refractivity contribution in [3.05, 3.63) is 0 Å². The lowest BCUT2D eigenvalue weighted by Gasteiger charge is -2.36. The van der Waals surface area contributed by atoms with Crippen LogP contribution in [0.3, 0.4) is 0 Å². The molecule has 11 heavy (non-hydrogen) atoms. The molecule has 1 fully saturated rings. The fourth-order valence-electron chi connectivity index (χ4n) is 0.982. The van der Waals surface area contributed by atoms with Gasteiger partial charge in [-0.2, -0.15) is 0 Å².